The number of ether oxygens (including phenoxy) is 1. The number of carbonyl (C=O) groups is 2. The summed E-state index contributed by atoms with van der Waals surface area (Å²) < 4.78 is 10.2. The van der Waals surface area contributed by atoms with Gasteiger partial charge in [-0.3, -0.25) is 14.5 Å². The second-order valence-corrected chi connectivity index (χ2v) is 5.85. The highest BCUT2D eigenvalue weighted by Gasteiger charge is 2.17. The Morgan fingerprint density at radius 3 is 2.75 bits per heavy atom. The Hall–Kier alpha value is -1.93. The van der Waals surface area contributed by atoms with Gasteiger partial charge in [-0.15, -0.1) is 0 Å². The van der Waals surface area contributed by atoms with Gasteiger partial charge in [-0.05, 0) is 13.3 Å². The summed E-state index contributed by atoms with van der Waals surface area (Å²) in [5.41, 5.74) is 0. The topological polar surface area (TPSA) is 87.9 Å². The molecule has 8 heteroatoms. The fourth-order valence-electron chi connectivity index (χ4n) is 2.61. The zero-order valence-corrected chi connectivity index (χ0v) is 14.4. The number of hydrogen-bond donors (Lipinski definition) is 1. The van der Waals surface area contributed by atoms with Crippen LogP contribution in [-0.2, 0) is 14.3 Å². The van der Waals surface area contributed by atoms with Crippen LogP contribution in [0.3, 0.4) is 0 Å². The van der Waals surface area contributed by atoms with E-state index in [4.69, 9.17) is 9.26 Å². The summed E-state index contributed by atoms with van der Waals surface area (Å²) in [7, 11) is 0. The van der Waals surface area contributed by atoms with E-state index in [2.05, 4.69) is 15.4 Å². The highest BCUT2D eigenvalue weighted by Crippen LogP contribution is 2.07. The second-order valence-electron chi connectivity index (χ2n) is 5.85. The van der Waals surface area contributed by atoms with Gasteiger partial charge in [0.2, 0.25) is 11.8 Å². The molecule has 2 heterocycles. The number of rotatable bonds is 8. The van der Waals surface area contributed by atoms with Crippen LogP contribution in [0, 0.1) is 6.92 Å². The number of nitrogens with one attached hydrogen (secondary N) is 1. The molecule has 0 unspecified atom stereocenters. The number of anilines is 1. The molecule has 1 aromatic heterocycles. The minimum Gasteiger partial charge on any atom is -0.379 e. The van der Waals surface area contributed by atoms with Crippen molar-refractivity contribution in [1.82, 2.24) is 15.0 Å². The third-order valence-corrected chi connectivity index (χ3v) is 3.89. The van der Waals surface area contributed by atoms with Crippen LogP contribution in [0.1, 0.15) is 25.5 Å². The van der Waals surface area contributed by atoms with Crippen LogP contribution < -0.4 is 5.32 Å². The predicted octanol–water partition coefficient (Wildman–Crippen LogP) is 0.882. The van der Waals surface area contributed by atoms with E-state index in [9.17, 15) is 9.59 Å². The summed E-state index contributed by atoms with van der Waals surface area (Å²) in [4.78, 5) is 28.1. The molecule has 2 rings (SSSR count). The summed E-state index contributed by atoms with van der Waals surface area (Å²) in [6.45, 7) is 8.42. The van der Waals surface area contributed by atoms with Crippen LogP contribution in [0.15, 0.2) is 10.6 Å². The number of morpholine rings is 1. The maximum atomic E-state index is 12.1. The van der Waals surface area contributed by atoms with Gasteiger partial charge < -0.3 is 19.5 Å². The fourth-order valence-corrected chi connectivity index (χ4v) is 2.61. The molecule has 1 N–H and O–H groups in total. The smallest absolute Gasteiger partial charge is 0.245 e. The monoisotopic (exact) mass is 338 g/mol. The molecule has 8 nitrogen and oxygen atoms in total. The minimum absolute atomic E-state index is 0.0246. The summed E-state index contributed by atoms with van der Waals surface area (Å²) in [6.07, 6.45) is 1.22. The minimum atomic E-state index is -0.267. The number of nitrogens with zero attached hydrogens (tertiary/aromatic N) is 3. The van der Waals surface area contributed by atoms with Gasteiger partial charge in [-0.1, -0.05) is 12.1 Å². The van der Waals surface area contributed by atoms with Crippen LogP contribution in [0.5, 0.6) is 0 Å². The third kappa shape index (κ3) is 5.93. The van der Waals surface area contributed by atoms with E-state index in [0.717, 1.165) is 39.3 Å². The molecule has 0 saturated carbocycles. The van der Waals surface area contributed by atoms with Crippen LogP contribution in [0.4, 0.5) is 5.82 Å². The van der Waals surface area contributed by atoms with E-state index in [1.165, 1.54) is 0 Å². The zero-order chi connectivity index (χ0) is 17.4. The van der Waals surface area contributed by atoms with Crippen molar-refractivity contribution < 1.29 is 18.8 Å². The number of carbonyl (C=O) groups excluding carboxylic acids is 2. The first-order chi connectivity index (χ1) is 11.6. The van der Waals surface area contributed by atoms with Gasteiger partial charge in [0, 0.05) is 38.7 Å². The SMILES string of the molecule is CCC(=O)N(CCCN1CCOCC1)CC(=O)Nc1cc(C)on1. The molecule has 0 radical (unpaired) electrons. The molecule has 0 aliphatic carbocycles. The Morgan fingerprint density at radius 1 is 1.38 bits per heavy atom. The lowest BCUT2D eigenvalue weighted by Gasteiger charge is -2.28. The van der Waals surface area contributed by atoms with E-state index < -0.39 is 0 Å². The molecule has 0 bridgehead atoms. The Labute approximate surface area is 142 Å². The number of aryl methyl sites for hydroxylation is 1. The van der Waals surface area contributed by atoms with Gasteiger partial charge in [0.25, 0.3) is 0 Å². The lowest BCUT2D eigenvalue weighted by molar-refractivity contribution is -0.134. The standard InChI is InChI=1S/C16H26N4O4/c1-3-16(22)20(6-4-5-19-7-9-23-10-8-19)12-15(21)17-14-11-13(2)24-18-14/h11H,3-10,12H2,1-2H3,(H,17,18,21). The molecule has 2 amide bonds. The van der Waals surface area contributed by atoms with Crippen molar-refractivity contribution >= 4 is 17.6 Å². The second kappa shape index (κ2) is 9.39. The van der Waals surface area contributed by atoms with Gasteiger partial charge in [-0.25, -0.2) is 0 Å². The summed E-state index contributed by atoms with van der Waals surface area (Å²) in [6, 6.07) is 1.64. The van der Waals surface area contributed by atoms with Gasteiger partial charge in [0.05, 0.1) is 19.8 Å². The zero-order valence-electron chi connectivity index (χ0n) is 14.4. The maximum absolute atomic E-state index is 12.1. The summed E-state index contributed by atoms with van der Waals surface area (Å²) >= 11 is 0. The molecule has 0 spiro atoms. The Morgan fingerprint density at radius 2 is 2.12 bits per heavy atom. The molecule has 1 fully saturated rings. The lowest BCUT2D eigenvalue weighted by atomic mass is 10.3. The molecular weight excluding hydrogens is 312 g/mol. The van der Waals surface area contributed by atoms with Crippen LogP contribution in [-0.4, -0.2) is 72.7 Å². The summed E-state index contributed by atoms with van der Waals surface area (Å²) in [5, 5.41) is 6.37. The van der Waals surface area contributed by atoms with Crippen molar-refractivity contribution in [2.75, 3.05) is 51.3 Å². The number of amides is 2. The number of aromatic nitrogens is 1. The average molecular weight is 338 g/mol. The van der Waals surface area contributed by atoms with E-state index in [1.54, 1.807) is 24.8 Å². The maximum Gasteiger partial charge on any atom is 0.245 e. The molecule has 134 valence electrons. The lowest BCUT2D eigenvalue weighted by Crippen LogP contribution is -2.41. The van der Waals surface area contributed by atoms with Gasteiger partial charge in [0.15, 0.2) is 5.82 Å². The van der Waals surface area contributed by atoms with Crippen LogP contribution in [0.2, 0.25) is 0 Å². The molecule has 24 heavy (non-hydrogen) atoms. The van der Waals surface area contributed by atoms with Gasteiger partial charge in [-0.2, -0.15) is 0 Å². The van der Waals surface area contributed by atoms with E-state index >= 15 is 0 Å². The normalized spacial score (nSPS) is 15.2. The quantitative estimate of drug-likeness (QED) is 0.757. The number of hydrogen-bond acceptors (Lipinski definition) is 6. The van der Waals surface area contributed by atoms with Crippen molar-refractivity contribution in [3.8, 4) is 0 Å². The summed E-state index contributed by atoms with van der Waals surface area (Å²) in [5.74, 6) is 0.701. The molecular formula is C16H26N4O4. The third-order valence-electron chi connectivity index (χ3n) is 3.89. The first-order valence-corrected chi connectivity index (χ1v) is 8.39. The van der Waals surface area contributed by atoms with Crippen molar-refractivity contribution in [2.45, 2.75) is 26.7 Å². The largest absolute Gasteiger partial charge is 0.379 e. The molecule has 1 saturated heterocycles. The van der Waals surface area contributed by atoms with Crippen LogP contribution >= 0.6 is 0 Å². The molecule has 0 atom stereocenters. The first kappa shape index (κ1) is 18.4. The van der Waals surface area contributed by atoms with Crippen molar-refractivity contribution in [1.29, 1.82) is 0 Å². The highest BCUT2D eigenvalue weighted by atomic mass is 16.5. The average Bonchev–Trinajstić information content (AvgIpc) is 2.99. The van der Waals surface area contributed by atoms with E-state index in [1.807, 2.05) is 0 Å². The fraction of sp³-hybridized carbons (Fsp3) is 0.688. The molecule has 1 aromatic rings. The Balaban J connectivity index is 1.78. The van der Waals surface area contributed by atoms with Crippen LogP contribution in [0.25, 0.3) is 0 Å². The Kier molecular flexibility index (Phi) is 7.20. The Bertz CT molecular complexity index is 540. The van der Waals surface area contributed by atoms with Crippen molar-refractivity contribution in [2.24, 2.45) is 0 Å². The van der Waals surface area contributed by atoms with E-state index in [0.29, 0.717) is 24.5 Å². The molecule has 0 aromatic carbocycles. The van der Waals surface area contributed by atoms with Crippen molar-refractivity contribution in [3.63, 3.8) is 0 Å². The predicted molar refractivity (Wildman–Crippen MR) is 88.6 cm³/mol. The molecule has 1 aliphatic heterocycles. The van der Waals surface area contributed by atoms with Crippen molar-refractivity contribution in [3.05, 3.63) is 11.8 Å². The van der Waals surface area contributed by atoms with Gasteiger partial charge in [0.1, 0.15) is 5.76 Å². The van der Waals surface area contributed by atoms with Gasteiger partial charge >= 0.3 is 0 Å². The first-order valence-electron chi connectivity index (χ1n) is 8.39. The van der Waals surface area contributed by atoms with E-state index in [-0.39, 0.29) is 18.4 Å². The molecule has 1 aliphatic rings. The highest BCUT2D eigenvalue weighted by molar-refractivity contribution is 5.93.